The Bertz CT molecular complexity index is 258. The summed E-state index contributed by atoms with van der Waals surface area (Å²) < 4.78 is 22.6. The van der Waals surface area contributed by atoms with Gasteiger partial charge in [0.15, 0.2) is 0 Å². The monoisotopic (exact) mass is 346 g/mol. The summed E-state index contributed by atoms with van der Waals surface area (Å²) in [5.74, 6) is -0.264. The average molecular weight is 347 g/mol. The van der Waals surface area contributed by atoms with E-state index in [0.717, 1.165) is 32.5 Å². The van der Waals surface area contributed by atoms with Crippen LogP contribution in [0, 0.1) is 11.8 Å². The first-order valence-corrected chi connectivity index (χ1v) is 9.84. The highest BCUT2D eigenvalue weighted by atomic mass is 16.9. The molecule has 0 saturated heterocycles. The Labute approximate surface area is 150 Å². The average Bonchev–Trinajstić information content (AvgIpc) is 2.61. The van der Waals surface area contributed by atoms with E-state index in [1.165, 1.54) is 38.5 Å². The summed E-state index contributed by atoms with van der Waals surface area (Å²) in [7, 11) is 5.00. The maximum atomic E-state index is 5.66. The molecule has 0 radical (unpaired) electrons. The number of methoxy groups -OCH3 is 3. The molecular weight excluding hydrogens is 304 g/mol. The molecule has 0 N–H and O–H groups in total. The Balaban J connectivity index is 4.59. The van der Waals surface area contributed by atoms with Crippen LogP contribution >= 0.6 is 0 Å². The Hall–Kier alpha value is -0.160. The van der Waals surface area contributed by atoms with Crippen molar-refractivity contribution in [3.8, 4) is 0 Å². The van der Waals surface area contributed by atoms with E-state index in [-0.39, 0.29) is 5.92 Å². The van der Waals surface area contributed by atoms with Gasteiger partial charge < -0.3 is 18.9 Å². The molecule has 4 heteroatoms. The molecule has 0 aromatic rings. The molecule has 0 saturated carbocycles. The van der Waals surface area contributed by atoms with Crippen molar-refractivity contribution in [3.63, 3.8) is 0 Å². The van der Waals surface area contributed by atoms with Gasteiger partial charge in [0.1, 0.15) is 0 Å². The number of hydrogen-bond donors (Lipinski definition) is 0. The Morgan fingerprint density at radius 3 is 1.88 bits per heavy atom. The fourth-order valence-corrected chi connectivity index (χ4v) is 3.44. The van der Waals surface area contributed by atoms with Crippen LogP contribution in [-0.2, 0) is 18.9 Å². The summed E-state index contributed by atoms with van der Waals surface area (Å²) in [4.78, 5) is 0. The molecular formula is C20H42O4. The molecule has 0 bridgehead atoms. The van der Waals surface area contributed by atoms with Gasteiger partial charge in [0, 0.05) is 40.5 Å². The van der Waals surface area contributed by atoms with Gasteiger partial charge in [-0.05, 0) is 25.2 Å². The van der Waals surface area contributed by atoms with Crippen molar-refractivity contribution in [1.82, 2.24) is 0 Å². The minimum absolute atomic E-state index is 0.203. The van der Waals surface area contributed by atoms with Gasteiger partial charge in [-0.2, -0.15) is 0 Å². The molecule has 0 aromatic heterocycles. The van der Waals surface area contributed by atoms with E-state index in [9.17, 15) is 0 Å². The third kappa shape index (κ3) is 8.80. The molecule has 0 aliphatic rings. The van der Waals surface area contributed by atoms with Gasteiger partial charge in [-0.25, -0.2) is 0 Å². The van der Waals surface area contributed by atoms with Crippen LogP contribution in [0.15, 0.2) is 0 Å². The van der Waals surface area contributed by atoms with Crippen LogP contribution in [0.4, 0.5) is 0 Å². The molecule has 146 valence electrons. The van der Waals surface area contributed by atoms with Crippen molar-refractivity contribution < 1.29 is 18.9 Å². The SMILES string of the molecule is CCCCCCCC(C)C(CCCOCCC)C(OC)(OC)OC. The maximum Gasteiger partial charge on any atom is 0.285 e. The van der Waals surface area contributed by atoms with Gasteiger partial charge >= 0.3 is 0 Å². The number of rotatable bonds is 17. The minimum atomic E-state index is -0.951. The second-order valence-corrected chi connectivity index (χ2v) is 6.76. The molecule has 0 heterocycles. The summed E-state index contributed by atoms with van der Waals surface area (Å²) >= 11 is 0. The third-order valence-electron chi connectivity index (χ3n) is 4.91. The van der Waals surface area contributed by atoms with Crippen LogP contribution in [0.25, 0.3) is 0 Å². The summed E-state index contributed by atoms with van der Waals surface area (Å²) in [5, 5.41) is 0. The second-order valence-electron chi connectivity index (χ2n) is 6.76. The molecule has 0 amide bonds. The predicted octanol–water partition coefficient (Wildman–Crippen LogP) is 5.40. The predicted molar refractivity (Wildman–Crippen MR) is 100 cm³/mol. The Morgan fingerprint density at radius 2 is 1.33 bits per heavy atom. The van der Waals surface area contributed by atoms with Crippen LogP contribution < -0.4 is 0 Å². The zero-order valence-corrected chi connectivity index (χ0v) is 17.1. The molecule has 0 aromatic carbocycles. The van der Waals surface area contributed by atoms with E-state index in [1.807, 2.05) is 0 Å². The second kappa shape index (κ2) is 15.1. The van der Waals surface area contributed by atoms with Crippen LogP contribution in [-0.4, -0.2) is 40.5 Å². The first kappa shape index (κ1) is 23.8. The summed E-state index contributed by atoms with van der Waals surface area (Å²) in [5.41, 5.74) is 0. The van der Waals surface area contributed by atoms with Crippen molar-refractivity contribution in [2.75, 3.05) is 34.5 Å². The van der Waals surface area contributed by atoms with E-state index in [2.05, 4.69) is 20.8 Å². The van der Waals surface area contributed by atoms with Gasteiger partial charge in [0.2, 0.25) is 0 Å². The fraction of sp³-hybridized carbons (Fsp3) is 1.00. The van der Waals surface area contributed by atoms with Crippen molar-refractivity contribution in [2.24, 2.45) is 11.8 Å². The third-order valence-corrected chi connectivity index (χ3v) is 4.91. The lowest BCUT2D eigenvalue weighted by Crippen LogP contribution is -2.46. The summed E-state index contributed by atoms with van der Waals surface area (Å²) in [6, 6.07) is 0. The largest absolute Gasteiger partial charge is 0.381 e. The highest BCUT2D eigenvalue weighted by Crippen LogP contribution is 2.36. The van der Waals surface area contributed by atoms with Crippen LogP contribution in [0.1, 0.15) is 78.6 Å². The van der Waals surface area contributed by atoms with Gasteiger partial charge in [-0.1, -0.05) is 59.3 Å². The van der Waals surface area contributed by atoms with Gasteiger partial charge in [-0.3, -0.25) is 0 Å². The molecule has 0 spiro atoms. The highest BCUT2D eigenvalue weighted by molar-refractivity contribution is 4.76. The first-order valence-electron chi connectivity index (χ1n) is 9.84. The van der Waals surface area contributed by atoms with E-state index < -0.39 is 5.97 Å². The van der Waals surface area contributed by atoms with Crippen LogP contribution in [0.3, 0.4) is 0 Å². The highest BCUT2D eigenvalue weighted by Gasteiger charge is 2.42. The number of hydrogen-bond acceptors (Lipinski definition) is 4. The topological polar surface area (TPSA) is 36.9 Å². The normalized spacial score (nSPS) is 14.8. The maximum absolute atomic E-state index is 5.66. The summed E-state index contributed by atoms with van der Waals surface area (Å²) in [6.07, 6.45) is 10.8. The molecule has 2 unspecified atom stereocenters. The molecule has 2 atom stereocenters. The van der Waals surface area contributed by atoms with Gasteiger partial charge in [0.25, 0.3) is 5.97 Å². The van der Waals surface area contributed by atoms with Crippen molar-refractivity contribution in [2.45, 2.75) is 84.5 Å². The lowest BCUT2D eigenvalue weighted by molar-refractivity contribution is -0.386. The quantitative estimate of drug-likeness (QED) is 0.261. The van der Waals surface area contributed by atoms with Crippen molar-refractivity contribution in [3.05, 3.63) is 0 Å². The minimum Gasteiger partial charge on any atom is -0.381 e. The smallest absolute Gasteiger partial charge is 0.285 e. The Morgan fingerprint density at radius 1 is 0.708 bits per heavy atom. The molecule has 0 aliphatic carbocycles. The zero-order valence-electron chi connectivity index (χ0n) is 17.1. The van der Waals surface area contributed by atoms with Crippen molar-refractivity contribution >= 4 is 0 Å². The van der Waals surface area contributed by atoms with E-state index >= 15 is 0 Å². The van der Waals surface area contributed by atoms with E-state index in [1.54, 1.807) is 21.3 Å². The molecule has 0 fully saturated rings. The lowest BCUT2D eigenvalue weighted by Gasteiger charge is -2.39. The fourth-order valence-electron chi connectivity index (χ4n) is 3.44. The van der Waals surface area contributed by atoms with Crippen molar-refractivity contribution in [1.29, 1.82) is 0 Å². The lowest BCUT2D eigenvalue weighted by atomic mass is 9.83. The van der Waals surface area contributed by atoms with E-state index in [4.69, 9.17) is 18.9 Å². The zero-order chi connectivity index (χ0) is 18.3. The molecule has 0 rings (SSSR count). The van der Waals surface area contributed by atoms with Gasteiger partial charge in [-0.15, -0.1) is 0 Å². The molecule has 0 aliphatic heterocycles. The number of unbranched alkanes of at least 4 members (excludes halogenated alkanes) is 4. The summed E-state index contributed by atoms with van der Waals surface area (Å²) in [6.45, 7) is 8.31. The van der Waals surface area contributed by atoms with Gasteiger partial charge in [0.05, 0.1) is 0 Å². The molecule has 4 nitrogen and oxygen atoms in total. The standard InChI is InChI=1S/C20H42O4/c1-7-9-10-11-12-14-18(3)19(15-13-17-24-16-8-2)20(21-4,22-5)23-6/h18-19H,7-17H2,1-6H3. The van der Waals surface area contributed by atoms with Crippen LogP contribution in [0.5, 0.6) is 0 Å². The first-order chi connectivity index (χ1) is 11.6. The number of ether oxygens (including phenoxy) is 4. The molecule has 24 heavy (non-hydrogen) atoms. The van der Waals surface area contributed by atoms with Crippen LogP contribution in [0.2, 0.25) is 0 Å². The Kier molecular flexibility index (Phi) is 15.0. The van der Waals surface area contributed by atoms with E-state index in [0.29, 0.717) is 5.92 Å².